The molecule has 24 heavy (non-hydrogen) atoms. The summed E-state index contributed by atoms with van der Waals surface area (Å²) in [6.45, 7) is 0.693. The standard InChI is InChI=1S/C16H18N6O2/c23-15-20-13-12(5-6-17-14(13)21-15)11-8-19-22(9-11)16(24)18-7-10-3-1-2-4-10/h5-6,8-10H,1-4,7H2,(H,18,24)(H2,17,20,21,23). The van der Waals surface area contributed by atoms with Crippen LogP contribution >= 0.6 is 0 Å². The Balaban J connectivity index is 1.55. The Labute approximate surface area is 137 Å². The van der Waals surface area contributed by atoms with E-state index in [2.05, 4.69) is 25.4 Å². The fourth-order valence-electron chi connectivity index (χ4n) is 3.28. The van der Waals surface area contributed by atoms with Gasteiger partial charge in [-0.3, -0.25) is 4.98 Å². The molecule has 1 fully saturated rings. The molecular formula is C16H18N6O2. The molecule has 124 valence electrons. The summed E-state index contributed by atoms with van der Waals surface area (Å²) >= 11 is 0. The quantitative estimate of drug-likeness (QED) is 0.682. The Bertz CT molecular complexity index is 931. The van der Waals surface area contributed by atoms with E-state index in [0.29, 0.717) is 23.6 Å². The number of H-pyrrole nitrogens is 2. The number of aromatic amines is 2. The zero-order valence-corrected chi connectivity index (χ0v) is 13.1. The van der Waals surface area contributed by atoms with Gasteiger partial charge in [0.25, 0.3) is 0 Å². The number of carbonyl (C=O) groups is 1. The van der Waals surface area contributed by atoms with Crippen molar-refractivity contribution < 1.29 is 4.79 Å². The molecule has 0 atom stereocenters. The molecule has 0 spiro atoms. The van der Waals surface area contributed by atoms with Crippen molar-refractivity contribution in [2.45, 2.75) is 25.7 Å². The van der Waals surface area contributed by atoms with Crippen molar-refractivity contribution in [1.29, 1.82) is 0 Å². The highest BCUT2D eigenvalue weighted by Gasteiger charge is 2.17. The first-order valence-corrected chi connectivity index (χ1v) is 8.11. The number of hydrogen-bond acceptors (Lipinski definition) is 4. The first-order chi connectivity index (χ1) is 11.7. The second-order valence-electron chi connectivity index (χ2n) is 6.17. The molecule has 1 amide bonds. The van der Waals surface area contributed by atoms with Crippen molar-refractivity contribution in [3.05, 3.63) is 35.1 Å². The minimum atomic E-state index is -0.313. The number of carbonyl (C=O) groups excluding carboxylic acids is 1. The molecule has 3 heterocycles. The van der Waals surface area contributed by atoms with Gasteiger partial charge in [-0.25, -0.2) is 14.6 Å². The molecular weight excluding hydrogens is 308 g/mol. The summed E-state index contributed by atoms with van der Waals surface area (Å²) in [5, 5.41) is 7.07. The predicted molar refractivity (Wildman–Crippen MR) is 88.7 cm³/mol. The minimum absolute atomic E-state index is 0.235. The van der Waals surface area contributed by atoms with Crippen LogP contribution in [0.3, 0.4) is 0 Å². The van der Waals surface area contributed by atoms with Crippen LogP contribution in [0.1, 0.15) is 25.7 Å². The minimum Gasteiger partial charge on any atom is -0.336 e. The summed E-state index contributed by atoms with van der Waals surface area (Å²) in [4.78, 5) is 33.1. The maximum Gasteiger partial charge on any atom is 0.342 e. The number of hydrogen-bond donors (Lipinski definition) is 3. The van der Waals surface area contributed by atoms with E-state index in [1.165, 1.54) is 30.4 Å². The third-order valence-corrected chi connectivity index (χ3v) is 4.54. The molecule has 3 N–H and O–H groups in total. The molecule has 0 unspecified atom stereocenters. The van der Waals surface area contributed by atoms with Gasteiger partial charge in [0.05, 0.1) is 11.7 Å². The molecule has 1 aliphatic rings. The summed E-state index contributed by atoms with van der Waals surface area (Å²) in [7, 11) is 0. The molecule has 1 aliphatic carbocycles. The highest BCUT2D eigenvalue weighted by Crippen LogP contribution is 2.25. The first-order valence-electron chi connectivity index (χ1n) is 8.11. The summed E-state index contributed by atoms with van der Waals surface area (Å²) < 4.78 is 1.29. The fourth-order valence-corrected chi connectivity index (χ4v) is 3.28. The fraction of sp³-hybridized carbons (Fsp3) is 0.375. The number of amides is 1. The Morgan fingerprint density at radius 1 is 1.33 bits per heavy atom. The number of pyridine rings is 1. The zero-order valence-electron chi connectivity index (χ0n) is 13.1. The second kappa shape index (κ2) is 5.95. The lowest BCUT2D eigenvalue weighted by atomic mass is 10.1. The van der Waals surface area contributed by atoms with E-state index in [-0.39, 0.29) is 11.7 Å². The molecule has 0 bridgehead atoms. The number of fused-ring (bicyclic) bond motifs is 1. The van der Waals surface area contributed by atoms with Gasteiger partial charge in [-0.05, 0) is 24.8 Å². The van der Waals surface area contributed by atoms with Gasteiger partial charge >= 0.3 is 11.7 Å². The van der Waals surface area contributed by atoms with Crippen LogP contribution < -0.4 is 11.0 Å². The Morgan fingerprint density at radius 3 is 3.00 bits per heavy atom. The number of aromatic nitrogens is 5. The highest BCUT2D eigenvalue weighted by molar-refractivity contribution is 5.89. The highest BCUT2D eigenvalue weighted by atomic mass is 16.2. The average Bonchev–Trinajstić information content (AvgIpc) is 3.31. The summed E-state index contributed by atoms with van der Waals surface area (Å²) in [6.07, 6.45) is 9.73. The molecule has 8 heteroatoms. The molecule has 0 radical (unpaired) electrons. The van der Waals surface area contributed by atoms with E-state index >= 15 is 0 Å². The monoisotopic (exact) mass is 326 g/mol. The lowest BCUT2D eigenvalue weighted by molar-refractivity contribution is 0.237. The number of nitrogens with zero attached hydrogens (tertiary/aromatic N) is 3. The molecule has 0 saturated heterocycles. The molecule has 3 aromatic heterocycles. The average molecular weight is 326 g/mol. The molecule has 8 nitrogen and oxygen atoms in total. The van der Waals surface area contributed by atoms with E-state index in [1.54, 1.807) is 24.7 Å². The zero-order chi connectivity index (χ0) is 16.5. The van der Waals surface area contributed by atoms with Gasteiger partial charge in [0.1, 0.15) is 0 Å². The van der Waals surface area contributed by atoms with Gasteiger partial charge in [0.15, 0.2) is 5.65 Å². The van der Waals surface area contributed by atoms with E-state index in [4.69, 9.17) is 0 Å². The van der Waals surface area contributed by atoms with Crippen LogP contribution in [0.4, 0.5) is 4.79 Å². The summed E-state index contributed by atoms with van der Waals surface area (Å²) in [6, 6.07) is 1.55. The lowest BCUT2D eigenvalue weighted by Crippen LogP contribution is -2.32. The Morgan fingerprint density at radius 2 is 2.17 bits per heavy atom. The van der Waals surface area contributed by atoms with E-state index in [0.717, 1.165) is 11.1 Å². The molecule has 3 aromatic rings. The van der Waals surface area contributed by atoms with Gasteiger partial charge in [-0.2, -0.15) is 9.78 Å². The van der Waals surface area contributed by atoms with Crippen molar-refractivity contribution in [3.63, 3.8) is 0 Å². The topological polar surface area (TPSA) is 108 Å². The van der Waals surface area contributed by atoms with E-state index in [1.807, 2.05) is 0 Å². The van der Waals surface area contributed by atoms with E-state index in [9.17, 15) is 9.59 Å². The number of nitrogens with one attached hydrogen (secondary N) is 3. The first kappa shape index (κ1) is 14.7. The van der Waals surface area contributed by atoms with Crippen molar-refractivity contribution in [2.75, 3.05) is 6.54 Å². The number of rotatable bonds is 3. The summed E-state index contributed by atoms with van der Waals surface area (Å²) in [5.41, 5.74) is 2.29. The molecule has 0 aromatic carbocycles. The van der Waals surface area contributed by atoms with Crippen LogP contribution in [0.5, 0.6) is 0 Å². The van der Waals surface area contributed by atoms with Gasteiger partial charge in [0.2, 0.25) is 0 Å². The van der Waals surface area contributed by atoms with Crippen molar-refractivity contribution in [1.82, 2.24) is 30.0 Å². The Kier molecular flexibility index (Phi) is 3.64. The third-order valence-electron chi connectivity index (χ3n) is 4.54. The van der Waals surface area contributed by atoms with Gasteiger partial charge in [0, 0.05) is 30.1 Å². The molecule has 1 saturated carbocycles. The molecule has 0 aliphatic heterocycles. The summed E-state index contributed by atoms with van der Waals surface area (Å²) in [5.74, 6) is 0.578. The lowest BCUT2D eigenvalue weighted by Gasteiger charge is -2.09. The Hall–Kier alpha value is -2.90. The van der Waals surface area contributed by atoms with Crippen LogP contribution in [0.25, 0.3) is 22.3 Å². The predicted octanol–water partition coefficient (Wildman–Crippen LogP) is 1.86. The van der Waals surface area contributed by atoms with Gasteiger partial charge < -0.3 is 10.3 Å². The second-order valence-corrected chi connectivity index (χ2v) is 6.17. The normalized spacial score (nSPS) is 15.2. The van der Waals surface area contributed by atoms with Crippen molar-refractivity contribution >= 4 is 17.2 Å². The van der Waals surface area contributed by atoms with Crippen LogP contribution in [-0.2, 0) is 0 Å². The maximum absolute atomic E-state index is 12.2. The van der Waals surface area contributed by atoms with Crippen molar-refractivity contribution in [2.24, 2.45) is 5.92 Å². The smallest absolute Gasteiger partial charge is 0.336 e. The molecule has 4 rings (SSSR count). The van der Waals surface area contributed by atoms with Crippen LogP contribution in [0.15, 0.2) is 29.5 Å². The van der Waals surface area contributed by atoms with Crippen LogP contribution in [0.2, 0.25) is 0 Å². The number of imidazole rings is 1. The largest absolute Gasteiger partial charge is 0.342 e. The van der Waals surface area contributed by atoms with Crippen molar-refractivity contribution in [3.8, 4) is 11.1 Å². The van der Waals surface area contributed by atoms with E-state index < -0.39 is 0 Å². The maximum atomic E-state index is 12.2. The van der Waals surface area contributed by atoms with Gasteiger partial charge in [-0.1, -0.05) is 12.8 Å². The van der Waals surface area contributed by atoms with Crippen LogP contribution in [0, 0.1) is 5.92 Å². The third kappa shape index (κ3) is 2.70. The van der Waals surface area contributed by atoms with Gasteiger partial charge in [-0.15, -0.1) is 0 Å². The SMILES string of the molecule is O=C(NCC1CCCC1)n1cc(-c2ccnc3[nH]c(=O)[nH]c23)cn1. The van der Waals surface area contributed by atoms with Crippen LogP contribution in [-0.4, -0.2) is 37.3 Å².